The Bertz CT molecular complexity index is 801. The minimum Gasteiger partial charge on any atom is -0.302 e. The van der Waals surface area contributed by atoms with Crippen LogP contribution in [-0.2, 0) is 24.2 Å². The lowest BCUT2D eigenvalue weighted by Gasteiger charge is -2.33. The Balaban J connectivity index is 1.63. The first-order chi connectivity index (χ1) is 12.1. The minimum atomic E-state index is -0.196. The summed E-state index contributed by atoms with van der Waals surface area (Å²) in [6.07, 6.45) is 3.25. The summed E-state index contributed by atoms with van der Waals surface area (Å²) in [4.78, 5) is 22.9. The Labute approximate surface area is 159 Å². The molecule has 1 amide bonds. The molecule has 0 radical (unpaired) electrons. The summed E-state index contributed by atoms with van der Waals surface area (Å²) in [7, 11) is 0. The maximum atomic E-state index is 12.6. The summed E-state index contributed by atoms with van der Waals surface area (Å²) in [5.74, 6) is 2.03. The van der Waals surface area contributed by atoms with Gasteiger partial charge in [0.2, 0.25) is 5.91 Å². The SMILES string of the molecule is Cc1nc(C)n(C[C@@H](C)C(=O)Nc2nc3c(s2)C[C@H](C(C)(C)C)CC3)n1. The number of rotatable bonds is 4. The Kier molecular flexibility index (Phi) is 5.19. The van der Waals surface area contributed by atoms with Crippen molar-refractivity contribution in [3.63, 3.8) is 0 Å². The highest BCUT2D eigenvalue weighted by molar-refractivity contribution is 7.15. The number of thiazole rings is 1. The molecule has 1 aliphatic rings. The molecule has 0 fully saturated rings. The Morgan fingerprint density at radius 3 is 2.69 bits per heavy atom. The van der Waals surface area contributed by atoms with Crippen LogP contribution in [0.2, 0.25) is 0 Å². The maximum absolute atomic E-state index is 12.6. The zero-order valence-electron chi connectivity index (χ0n) is 16.6. The normalized spacial score (nSPS) is 18.5. The predicted molar refractivity (Wildman–Crippen MR) is 104 cm³/mol. The third kappa shape index (κ3) is 4.14. The zero-order chi connectivity index (χ0) is 19.1. The molecule has 0 saturated carbocycles. The first-order valence-electron chi connectivity index (χ1n) is 9.31. The molecule has 2 aromatic rings. The number of hydrogen-bond donors (Lipinski definition) is 1. The van der Waals surface area contributed by atoms with Crippen LogP contribution in [0, 0.1) is 31.1 Å². The Hall–Kier alpha value is -1.76. The van der Waals surface area contributed by atoms with E-state index in [-0.39, 0.29) is 11.8 Å². The summed E-state index contributed by atoms with van der Waals surface area (Å²) >= 11 is 1.64. The van der Waals surface area contributed by atoms with Crippen LogP contribution in [0.3, 0.4) is 0 Å². The van der Waals surface area contributed by atoms with Gasteiger partial charge in [0.25, 0.3) is 0 Å². The highest BCUT2D eigenvalue weighted by atomic mass is 32.1. The van der Waals surface area contributed by atoms with E-state index in [9.17, 15) is 4.79 Å². The average Bonchev–Trinajstić information content (AvgIpc) is 3.07. The van der Waals surface area contributed by atoms with E-state index in [1.807, 2.05) is 20.8 Å². The first-order valence-corrected chi connectivity index (χ1v) is 10.1. The molecule has 26 heavy (non-hydrogen) atoms. The van der Waals surface area contributed by atoms with Crippen LogP contribution in [0.1, 0.15) is 56.3 Å². The fraction of sp³-hybridized carbons (Fsp3) is 0.684. The maximum Gasteiger partial charge on any atom is 0.230 e. The van der Waals surface area contributed by atoms with Crippen molar-refractivity contribution in [2.45, 2.75) is 67.3 Å². The highest BCUT2D eigenvalue weighted by Gasteiger charge is 2.31. The predicted octanol–water partition coefficient (Wildman–Crippen LogP) is 3.78. The molecule has 3 rings (SSSR count). The number of nitrogens with zero attached hydrogens (tertiary/aromatic N) is 4. The molecule has 2 heterocycles. The summed E-state index contributed by atoms with van der Waals surface area (Å²) in [6.45, 7) is 13.1. The van der Waals surface area contributed by atoms with Gasteiger partial charge in [-0.3, -0.25) is 4.79 Å². The number of fused-ring (bicyclic) bond motifs is 1. The van der Waals surface area contributed by atoms with E-state index in [0.717, 1.165) is 29.6 Å². The lowest BCUT2D eigenvalue weighted by molar-refractivity contribution is -0.119. The van der Waals surface area contributed by atoms with Crippen molar-refractivity contribution in [3.05, 3.63) is 22.2 Å². The number of amides is 1. The van der Waals surface area contributed by atoms with E-state index in [0.29, 0.717) is 17.9 Å². The first kappa shape index (κ1) is 19.0. The molecule has 1 N–H and O–H groups in total. The molecule has 0 aliphatic heterocycles. The van der Waals surface area contributed by atoms with Gasteiger partial charge < -0.3 is 5.32 Å². The topological polar surface area (TPSA) is 72.7 Å². The summed E-state index contributed by atoms with van der Waals surface area (Å²) < 4.78 is 1.79. The number of aromatic nitrogens is 4. The number of hydrogen-bond acceptors (Lipinski definition) is 5. The van der Waals surface area contributed by atoms with Gasteiger partial charge in [-0.1, -0.05) is 27.7 Å². The van der Waals surface area contributed by atoms with Crippen molar-refractivity contribution < 1.29 is 4.79 Å². The van der Waals surface area contributed by atoms with Gasteiger partial charge in [0.05, 0.1) is 18.2 Å². The van der Waals surface area contributed by atoms with E-state index in [2.05, 4.69) is 41.2 Å². The molecule has 0 aromatic carbocycles. The zero-order valence-corrected chi connectivity index (χ0v) is 17.4. The smallest absolute Gasteiger partial charge is 0.230 e. The van der Waals surface area contributed by atoms with Gasteiger partial charge in [-0.2, -0.15) is 5.10 Å². The summed E-state index contributed by atoms with van der Waals surface area (Å²) in [5, 5.41) is 8.07. The van der Waals surface area contributed by atoms with E-state index >= 15 is 0 Å². The average molecular weight is 376 g/mol. The standard InChI is InChI=1S/C19H29N5OS/c1-11(10-24-13(3)20-12(2)23-24)17(25)22-18-21-15-8-7-14(19(4,5)6)9-16(15)26-18/h11,14H,7-10H2,1-6H3,(H,21,22,25)/t11-,14-/m1/s1. The number of anilines is 1. The number of aryl methyl sites for hydroxylation is 3. The molecule has 0 spiro atoms. The summed E-state index contributed by atoms with van der Waals surface area (Å²) in [5.41, 5.74) is 1.48. The van der Waals surface area contributed by atoms with Crippen LogP contribution < -0.4 is 5.32 Å². The molecular weight excluding hydrogens is 346 g/mol. The van der Waals surface area contributed by atoms with Gasteiger partial charge in [0.1, 0.15) is 11.6 Å². The molecule has 0 saturated heterocycles. The van der Waals surface area contributed by atoms with Crippen molar-refractivity contribution in [3.8, 4) is 0 Å². The van der Waals surface area contributed by atoms with Crippen LogP contribution in [0.15, 0.2) is 0 Å². The van der Waals surface area contributed by atoms with Gasteiger partial charge in [-0.15, -0.1) is 11.3 Å². The van der Waals surface area contributed by atoms with Crippen molar-refractivity contribution in [1.82, 2.24) is 19.7 Å². The third-order valence-corrected chi connectivity index (χ3v) is 6.29. The van der Waals surface area contributed by atoms with Gasteiger partial charge >= 0.3 is 0 Å². The number of nitrogens with one attached hydrogen (secondary N) is 1. The Morgan fingerprint density at radius 1 is 1.35 bits per heavy atom. The molecular formula is C19H29N5OS. The van der Waals surface area contributed by atoms with E-state index in [1.165, 1.54) is 17.0 Å². The second-order valence-electron chi connectivity index (χ2n) is 8.47. The molecule has 6 nitrogen and oxygen atoms in total. The molecule has 2 aromatic heterocycles. The van der Waals surface area contributed by atoms with Gasteiger partial charge in [-0.25, -0.2) is 14.6 Å². The fourth-order valence-corrected chi connectivity index (χ4v) is 4.56. The molecule has 2 atom stereocenters. The largest absolute Gasteiger partial charge is 0.302 e. The van der Waals surface area contributed by atoms with Crippen LogP contribution in [0.25, 0.3) is 0 Å². The number of carbonyl (C=O) groups excluding carboxylic acids is 1. The van der Waals surface area contributed by atoms with E-state index in [4.69, 9.17) is 0 Å². The van der Waals surface area contributed by atoms with E-state index < -0.39 is 0 Å². The third-order valence-electron chi connectivity index (χ3n) is 5.25. The van der Waals surface area contributed by atoms with Crippen LogP contribution in [-0.4, -0.2) is 25.7 Å². The minimum absolute atomic E-state index is 0.0176. The monoisotopic (exact) mass is 375 g/mol. The lowest BCUT2D eigenvalue weighted by atomic mass is 9.73. The van der Waals surface area contributed by atoms with Crippen LogP contribution in [0.4, 0.5) is 5.13 Å². The molecule has 0 unspecified atom stereocenters. The van der Waals surface area contributed by atoms with Crippen molar-refractivity contribution in [2.75, 3.05) is 5.32 Å². The van der Waals surface area contributed by atoms with Crippen molar-refractivity contribution >= 4 is 22.4 Å². The molecule has 142 valence electrons. The quantitative estimate of drug-likeness (QED) is 0.883. The number of carbonyl (C=O) groups is 1. The van der Waals surface area contributed by atoms with E-state index in [1.54, 1.807) is 16.0 Å². The van der Waals surface area contributed by atoms with Gasteiger partial charge in [-0.05, 0) is 44.4 Å². The molecule has 0 bridgehead atoms. The highest BCUT2D eigenvalue weighted by Crippen LogP contribution is 2.40. The van der Waals surface area contributed by atoms with Crippen molar-refractivity contribution in [2.24, 2.45) is 17.3 Å². The second kappa shape index (κ2) is 7.10. The fourth-order valence-electron chi connectivity index (χ4n) is 3.47. The van der Waals surface area contributed by atoms with Crippen LogP contribution in [0.5, 0.6) is 0 Å². The molecule has 7 heteroatoms. The second-order valence-corrected chi connectivity index (χ2v) is 9.56. The molecule has 1 aliphatic carbocycles. The van der Waals surface area contributed by atoms with Gasteiger partial charge in [0.15, 0.2) is 5.13 Å². The van der Waals surface area contributed by atoms with Crippen LogP contribution >= 0.6 is 11.3 Å². The Morgan fingerprint density at radius 2 is 2.08 bits per heavy atom. The summed E-state index contributed by atoms with van der Waals surface area (Å²) in [6, 6.07) is 0. The van der Waals surface area contributed by atoms with Gasteiger partial charge in [0, 0.05) is 4.88 Å². The lowest BCUT2D eigenvalue weighted by Crippen LogP contribution is -2.26. The van der Waals surface area contributed by atoms with Crippen molar-refractivity contribution in [1.29, 1.82) is 0 Å².